The fourth-order valence-corrected chi connectivity index (χ4v) is 1.34. The predicted octanol–water partition coefficient (Wildman–Crippen LogP) is -0.385. The van der Waals surface area contributed by atoms with Gasteiger partial charge < -0.3 is 11.1 Å². The molecule has 72 valence electrons. The second kappa shape index (κ2) is 4.70. The van der Waals surface area contributed by atoms with Crippen LogP contribution in [0.5, 0.6) is 0 Å². The average Bonchev–Trinajstić information content (AvgIpc) is 2.49. The van der Waals surface area contributed by atoms with Crippen molar-refractivity contribution in [2.24, 2.45) is 0 Å². The lowest BCUT2D eigenvalue weighted by atomic mass is 10.6. The van der Waals surface area contributed by atoms with E-state index in [0.717, 1.165) is 0 Å². The van der Waals surface area contributed by atoms with Gasteiger partial charge in [-0.1, -0.05) is 11.8 Å². The summed E-state index contributed by atoms with van der Waals surface area (Å²) < 4.78 is 0. The topological polar surface area (TPSA) is 96.7 Å². The highest BCUT2D eigenvalue weighted by molar-refractivity contribution is 7.99. The zero-order valence-electron chi connectivity index (χ0n) is 7.20. The number of hydrogen-bond acceptors (Lipinski definition) is 5. The molecule has 6 nitrogen and oxygen atoms in total. The van der Waals surface area contributed by atoms with E-state index in [1.165, 1.54) is 11.8 Å². The van der Waals surface area contributed by atoms with Crippen molar-refractivity contribution in [2.75, 3.05) is 18.0 Å². The minimum atomic E-state index is -0.0316. The molecule has 0 radical (unpaired) electrons. The second-order valence-corrected chi connectivity index (χ2v) is 3.19. The van der Waals surface area contributed by atoms with Crippen molar-refractivity contribution in [3.05, 3.63) is 0 Å². The number of nitrogens with two attached hydrogens (primary N) is 1. The molecular formula is C6H11N5OS. The summed E-state index contributed by atoms with van der Waals surface area (Å²) in [4.78, 5) is 14.8. The first kappa shape index (κ1) is 9.85. The zero-order chi connectivity index (χ0) is 9.68. The van der Waals surface area contributed by atoms with Crippen LogP contribution in [-0.4, -0.2) is 33.4 Å². The molecule has 7 heteroatoms. The van der Waals surface area contributed by atoms with E-state index in [9.17, 15) is 4.79 Å². The standard InChI is InChI=1S/C6H11N5OS/c1-2-8-4(12)3-13-6-9-5(7)10-11-6/h2-3H2,1H3,(H,8,12)(H3,7,9,10,11). The largest absolute Gasteiger partial charge is 0.368 e. The van der Waals surface area contributed by atoms with Crippen molar-refractivity contribution in [3.63, 3.8) is 0 Å². The van der Waals surface area contributed by atoms with Crippen LogP contribution >= 0.6 is 11.8 Å². The maximum Gasteiger partial charge on any atom is 0.230 e. The number of hydrogen-bond donors (Lipinski definition) is 3. The van der Waals surface area contributed by atoms with Crippen LogP contribution < -0.4 is 11.1 Å². The molecule has 0 aliphatic heterocycles. The number of H-pyrrole nitrogens is 1. The molecule has 0 atom stereocenters. The van der Waals surface area contributed by atoms with Gasteiger partial charge in [-0.15, -0.1) is 5.10 Å². The Hall–Kier alpha value is -1.24. The Morgan fingerprint density at radius 2 is 2.54 bits per heavy atom. The van der Waals surface area contributed by atoms with Crippen LogP contribution in [0.4, 0.5) is 5.95 Å². The van der Waals surface area contributed by atoms with Gasteiger partial charge in [0.25, 0.3) is 0 Å². The first-order valence-corrected chi connectivity index (χ1v) is 4.78. The lowest BCUT2D eigenvalue weighted by Crippen LogP contribution is -2.24. The summed E-state index contributed by atoms with van der Waals surface area (Å²) in [6.07, 6.45) is 0. The molecule has 13 heavy (non-hydrogen) atoms. The lowest BCUT2D eigenvalue weighted by Gasteiger charge is -1.97. The summed E-state index contributed by atoms with van der Waals surface area (Å²) in [6.45, 7) is 2.50. The molecular weight excluding hydrogens is 190 g/mol. The van der Waals surface area contributed by atoms with Gasteiger partial charge in [0.05, 0.1) is 5.75 Å². The summed E-state index contributed by atoms with van der Waals surface area (Å²) in [5, 5.41) is 9.41. The van der Waals surface area contributed by atoms with Gasteiger partial charge in [-0.2, -0.15) is 4.98 Å². The highest BCUT2D eigenvalue weighted by Crippen LogP contribution is 2.11. The summed E-state index contributed by atoms with van der Waals surface area (Å²) in [6, 6.07) is 0. The third-order valence-electron chi connectivity index (χ3n) is 1.19. The normalized spacial score (nSPS) is 9.92. The van der Waals surface area contributed by atoms with Crippen LogP contribution in [0.25, 0.3) is 0 Å². The minimum Gasteiger partial charge on any atom is -0.368 e. The monoisotopic (exact) mass is 201 g/mol. The van der Waals surface area contributed by atoms with Crippen molar-refractivity contribution in [1.29, 1.82) is 0 Å². The highest BCUT2D eigenvalue weighted by Gasteiger charge is 2.04. The van der Waals surface area contributed by atoms with Gasteiger partial charge in [-0.25, -0.2) is 5.10 Å². The van der Waals surface area contributed by atoms with Gasteiger partial charge in [0, 0.05) is 6.54 Å². The number of carbonyl (C=O) groups is 1. The van der Waals surface area contributed by atoms with Gasteiger partial charge in [0.1, 0.15) is 0 Å². The van der Waals surface area contributed by atoms with Crippen LogP contribution in [0.3, 0.4) is 0 Å². The Labute approximate surface area is 79.7 Å². The quantitative estimate of drug-likeness (QED) is 0.577. The molecule has 0 aliphatic rings. The molecule has 1 rings (SSSR count). The Bertz CT molecular complexity index is 286. The smallest absolute Gasteiger partial charge is 0.230 e. The number of aromatic nitrogens is 3. The van der Waals surface area contributed by atoms with E-state index in [2.05, 4.69) is 20.5 Å². The molecule has 0 unspecified atom stereocenters. The van der Waals surface area contributed by atoms with E-state index >= 15 is 0 Å². The number of thioether (sulfide) groups is 1. The predicted molar refractivity (Wildman–Crippen MR) is 50.2 cm³/mol. The molecule has 0 aromatic carbocycles. The molecule has 1 amide bonds. The van der Waals surface area contributed by atoms with E-state index in [1.807, 2.05) is 6.92 Å². The lowest BCUT2D eigenvalue weighted by molar-refractivity contribution is -0.118. The number of nitrogens with zero attached hydrogens (tertiary/aromatic N) is 2. The molecule has 0 fully saturated rings. The van der Waals surface area contributed by atoms with Gasteiger partial charge in [0.15, 0.2) is 0 Å². The van der Waals surface area contributed by atoms with Crippen LogP contribution in [0.1, 0.15) is 6.92 Å². The first-order chi connectivity index (χ1) is 6.22. The van der Waals surface area contributed by atoms with Crippen LogP contribution in [0.15, 0.2) is 5.16 Å². The third kappa shape index (κ3) is 3.32. The molecule has 1 heterocycles. The zero-order valence-corrected chi connectivity index (χ0v) is 8.02. The summed E-state index contributed by atoms with van der Waals surface area (Å²) in [5.41, 5.74) is 5.30. The molecule has 4 N–H and O–H groups in total. The van der Waals surface area contributed by atoms with Gasteiger partial charge in [0.2, 0.25) is 17.0 Å². The fraction of sp³-hybridized carbons (Fsp3) is 0.500. The highest BCUT2D eigenvalue weighted by atomic mass is 32.2. The Morgan fingerprint density at radius 1 is 1.77 bits per heavy atom. The van der Waals surface area contributed by atoms with Crippen LogP contribution in [0, 0.1) is 0 Å². The van der Waals surface area contributed by atoms with E-state index < -0.39 is 0 Å². The first-order valence-electron chi connectivity index (χ1n) is 3.79. The van der Waals surface area contributed by atoms with E-state index in [0.29, 0.717) is 17.5 Å². The number of rotatable bonds is 4. The number of nitrogens with one attached hydrogen (secondary N) is 2. The van der Waals surface area contributed by atoms with Gasteiger partial charge >= 0.3 is 0 Å². The van der Waals surface area contributed by atoms with Crippen molar-refractivity contribution in [2.45, 2.75) is 12.1 Å². The van der Waals surface area contributed by atoms with E-state index in [1.54, 1.807) is 0 Å². The molecule has 0 saturated carbocycles. The molecule has 0 bridgehead atoms. The minimum absolute atomic E-state index is 0.0316. The van der Waals surface area contributed by atoms with Crippen LogP contribution in [0.2, 0.25) is 0 Å². The third-order valence-corrected chi connectivity index (χ3v) is 2.04. The average molecular weight is 201 g/mol. The molecule has 0 spiro atoms. The maximum atomic E-state index is 11.0. The van der Waals surface area contributed by atoms with Crippen molar-refractivity contribution in [3.8, 4) is 0 Å². The number of carbonyl (C=O) groups excluding carboxylic acids is 1. The number of aromatic amines is 1. The SMILES string of the molecule is CCNC(=O)CSc1n[nH]c(N)n1. The Balaban J connectivity index is 2.30. The number of nitrogen functional groups attached to an aromatic ring is 1. The van der Waals surface area contributed by atoms with E-state index in [4.69, 9.17) is 5.73 Å². The maximum absolute atomic E-state index is 11.0. The van der Waals surface area contributed by atoms with Crippen molar-refractivity contribution < 1.29 is 4.79 Å². The summed E-state index contributed by atoms with van der Waals surface area (Å²) in [5.74, 6) is 0.541. The summed E-state index contributed by atoms with van der Waals surface area (Å²) in [7, 11) is 0. The Kier molecular flexibility index (Phi) is 3.56. The van der Waals surface area contributed by atoms with E-state index in [-0.39, 0.29) is 11.9 Å². The molecule has 1 aromatic heterocycles. The van der Waals surface area contributed by atoms with Gasteiger partial charge in [-0.05, 0) is 6.92 Å². The Morgan fingerprint density at radius 3 is 3.08 bits per heavy atom. The molecule has 0 aliphatic carbocycles. The van der Waals surface area contributed by atoms with Crippen LogP contribution in [-0.2, 0) is 4.79 Å². The molecule has 0 saturated heterocycles. The fourth-order valence-electron chi connectivity index (χ4n) is 0.701. The second-order valence-electron chi connectivity index (χ2n) is 2.25. The number of anilines is 1. The van der Waals surface area contributed by atoms with Crippen molar-refractivity contribution in [1.82, 2.24) is 20.5 Å². The summed E-state index contributed by atoms with van der Waals surface area (Å²) >= 11 is 1.24. The molecule has 1 aromatic rings. The number of amides is 1. The van der Waals surface area contributed by atoms with Gasteiger partial charge in [-0.3, -0.25) is 4.79 Å². The van der Waals surface area contributed by atoms with Crippen molar-refractivity contribution >= 4 is 23.6 Å².